The van der Waals surface area contributed by atoms with Gasteiger partial charge in [-0.15, -0.1) is 0 Å². The summed E-state index contributed by atoms with van der Waals surface area (Å²) in [5.41, 5.74) is 0. The molecule has 0 aliphatic carbocycles. The van der Waals surface area contributed by atoms with Crippen molar-refractivity contribution >= 4 is 21.8 Å². The Labute approximate surface area is 165 Å². The van der Waals surface area contributed by atoms with Crippen LogP contribution in [-0.4, -0.2) is 69.3 Å². The van der Waals surface area contributed by atoms with Gasteiger partial charge in [-0.3, -0.25) is 9.59 Å². The lowest BCUT2D eigenvalue weighted by Gasteiger charge is -2.31. The second-order valence-corrected chi connectivity index (χ2v) is 9.12. The molecule has 2 aliphatic heterocycles. The molecule has 2 aliphatic rings. The number of nitrogens with zero attached hydrogens (tertiary/aromatic N) is 2. The SMILES string of the molecule is COc1ccc(S(=O)(=O)N2CCC[C@@H](C(=O)NCC(=O)N3CCCC3)C2)cc1. The van der Waals surface area contributed by atoms with E-state index in [1.54, 1.807) is 17.0 Å². The highest BCUT2D eigenvalue weighted by atomic mass is 32.2. The molecule has 2 heterocycles. The molecule has 9 heteroatoms. The first kappa shape index (κ1) is 20.6. The number of benzene rings is 1. The quantitative estimate of drug-likeness (QED) is 0.751. The molecule has 1 atom stereocenters. The van der Waals surface area contributed by atoms with Crippen molar-refractivity contribution in [1.82, 2.24) is 14.5 Å². The molecule has 154 valence electrons. The van der Waals surface area contributed by atoms with Crippen LogP contribution in [0.25, 0.3) is 0 Å². The number of sulfonamides is 1. The fourth-order valence-corrected chi connectivity index (χ4v) is 5.18. The van der Waals surface area contributed by atoms with E-state index in [1.165, 1.54) is 23.5 Å². The summed E-state index contributed by atoms with van der Waals surface area (Å²) >= 11 is 0. The number of amides is 2. The molecule has 2 fully saturated rings. The predicted molar refractivity (Wildman–Crippen MR) is 103 cm³/mol. The highest BCUT2D eigenvalue weighted by molar-refractivity contribution is 7.89. The number of carbonyl (C=O) groups is 2. The lowest BCUT2D eigenvalue weighted by atomic mass is 9.99. The van der Waals surface area contributed by atoms with Gasteiger partial charge in [0.05, 0.1) is 24.5 Å². The summed E-state index contributed by atoms with van der Waals surface area (Å²) in [7, 11) is -2.16. The minimum atomic E-state index is -3.68. The van der Waals surface area contributed by atoms with Crippen LogP contribution in [0.4, 0.5) is 0 Å². The van der Waals surface area contributed by atoms with Crippen molar-refractivity contribution in [3.05, 3.63) is 24.3 Å². The van der Waals surface area contributed by atoms with Crippen LogP contribution in [0, 0.1) is 5.92 Å². The Balaban J connectivity index is 1.59. The molecular formula is C19H27N3O5S. The average Bonchev–Trinajstić information content (AvgIpc) is 3.27. The lowest BCUT2D eigenvalue weighted by Crippen LogP contribution is -2.47. The van der Waals surface area contributed by atoms with Gasteiger partial charge in [0, 0.05) is 26.2 Å². The van der Waals surface area contributed by atoms with Gasteiger partial charge in [0.25, 0.3) is 0 Å². The largest absolute Gasteiger partial charge is 0.497 e. The third-order valence-electron chi connectivity index (χ3n) is 5.32. The Morgan fingerprint density at radius 1 is 1.11 bits per heavy atom. The number of hydrogen-bond donors (Lipinski definition) is 1. The number of carbonyl (C=O) groups excluding carboxylic acids is 2. The monoisotopic (exact) mass is 409 g/mol. The van der Waals surface area contributed by atoms with E-state index in [0.717, 1.165) is 25.9 Å². The number of likely N-dealkylation sites (tertiary alicyclic amines) is 1. The van der Waals surface area contributed by atoms with Crippen molar-refractivity contribution in [3.63, 3.8) is 0 Å². The number of piperidine rings is 1. The normalized spacial score (nSPS) is 20.8. The Bertz CT molecular complexity index is 803. The predicted octanol–water partition coefficient (Wildman–Crippen LogP) is 0.835. The fraction of sp³-hybridized carbons (Fsp3) is 0.579. The van der Waals surface area contributed by atoms with Gasteiger partial charge >= 0.3 is 0 Å². The second kappa shape index (κ2) is 8.91. The molecule has 1 N–H and O–H groups in total. The van der Waals surface area contributed by atoms with E-state index in [1.807, 2.05) is 0 Å². The molecule has 0 unspecified atom stereocenters. The summed E-state index contributed by atoms with van der Waals surface area (Å²) < 4.78 is 32.2. The summed E-state index contributed by atoms with van der Waals surface area (Å²) in [5, 5.41) is 2.69. The van der Waals surface area contributed by atoms with Gasteiger partial charge in [-0.2, -0.15) is 4.31 Å². The molecule has 2 saturated heterocycles. The van der Waals surface area contributed by atoms with Crippen LogP contribution in [0.5, 0.6) is 5.75 Å². The molecule has 3 rings (SSSR count). The van der Waals surface area contributed by atoms with E-state index in [0.29, 0.717) is 25.1 Å². The molecule has 0 saturated carbocycles. The van der Waals surface area contributed by atoms with Crippen LogP contribution in [-0.2, 0) is 19.6 Å². The van der Waals surface area contributed by atoms with E-state index < -0.39 is 15.9 Å². The van der Waals surface area contributed by atoms with Crippen molar-refractivity contribution in [3.8, 4) is 5.75 Å². The average molecular weight is 410 g/mol. The molecule has 1 aromatic rings. The maximum atomic E-state index is 12.9. The first-order valence-electron chi connectivity index (χ1n) is 9.61. The van der Waals surface area contributed by atoms with E-state index in [4.69, 9.17) is 4.74 Å². The Kier molecular flexibility index (Phi) is 6.56. The standard InChI is InChI=1S/C19H27N3O5S/c1-27-16-6-8-17(9-7-16)28(25,26)22-12-4-5-15(14-22)19(24)20-13-18(23)21-10-2-3-11-21/h6-9,15H,2-5,10-14H2,1H3,(H,20,24)/t15-/m1/s1. The lowest BCUT2D eigenvalue weighted by molar-refractivity contribution is -0.133. The first-order valence-corrected chi connectivity index (χ1v) is 11.1. The molecular weight excluding hydrogens is 382 g/mol. The summed E-state index contributed by atoms with van der Waals surface area (Å²) in [5.74, 6) is -0.211. The number of ether oxygens (including phenoxy) is 1. The Morgan fingerprint density at radius 2 is 1.79 bits per heavy atom. The number of rotatable bonds is 6. The van der Waals surface area contributed by atoms with Crippen LogP contribution in [0.2, 0.25) is 0 Å². The van der Waals surface area contributed by atoms with Crippen LogP contribution < -0.4 is 10.1 Å². The van der Waals surface area contributed by atoms with Crippen molar-refractivity contribution in [2.75, 3.05) is 39.8 Å². The van der Waals surface area contributed by atoms with Gasteiger partial charge in [0.15, 0.2) is 0 Å². The zero-order valence-corrected chi connectivity index (χ0v) is 16.9. The first-order chi connectivity index (χ1) is 13.4. The molecule has 8 nitrogen and oxygen atoms in total. The minimum absolute atomic E-state index is 0.0272. The number of hydrogen-bond acceptors (Lipinski definition) is 5. The maximum Gasteiger partial charge on any atom is 0.243 e. The van der Waals surface area contributed by atoms with E-state index in [9.17, 15) is 18.0 Å². The summed E-state index contributed by atoms with van der Waals surface area (Å²) in [6.07, 6.45) is 3.22. The smallest absolute Gasteiger partial charge is 0.243 e. The Morgan fingerprint density at radius 3 is 2.43 bits per heavy atom. The van der Waals surface area contributed by atoms with Crippen molar-refractivity contribution in [1.29, 1.82) is 0 Å². The summed E-state index contributed by atoms with van der Waals surface area (Å²) in [6.45, 7) is 1.96. The third-order valence-corrected chi connectivity index (χ3v) is 7.20. The highest BCUT2D eigenvalue weighted by Crippen LogP contribution is 2.25. The zero-order chi connectivity index (χ0) is 20.1. The van der Waals surface area contributed by atoms with Crippen molar-refractivity contribution in [2.45, 2.75) is 30.6 Å². The number of methoxy groups -OCH3 is 1. The summed E-state index contributed by atoms with van der Waals surface area (Å²) in [4.78, 5) is 26.5. The fourth-order valence-electron chi connectivity index (χ4n) is 3.66. The van der Waals surface area contributed by atoms with Crippen LogP contribution in [0.3, 0.4) is 0 Å². The van der Waals surface area contributed by atoms with Crippen LogP contribution >= 0.6 is 0 Å². The molecule has 2 amide bonds. The van der Waals surface area contributed by atoms with Crippen LogP contribution in [0.1, 0.15) is 25.7 Å². The zero-order valence-electron chi connectivity index (χ0n) is 16.1. The maximum absolute atomic E-state index is 12.9. The van der Waals surface area contributed by atoms with Gasteiger partial charge in [0.1, 0.15) is 5.75 Å². The Hall–Kier alpha value is -2.13. The molecule has 28 heavy (non-hydrogen) atoms. The third kappa shape index (κ3) is 4.64. The molecule has 1 aromatic carbocycles. The molecule has 0 spiro atoms. The van der Waals surface area contributed by atoms with Crippen molar-refractivity contribution in [2.24, 2.45) is 5.92 Å². The second-order valence-electron chi connectivity index (χ2n) is 7.18. The van der Waals surface area contributed by atoms with E-state index >= 15 is 0 Å². The van der Waals surface area contributed by atoms with Gasteiger partial charge in [-0.25, -0.2) is 8.42 Å². The topological polar surface area (TPSA) is 96.0 Å². The van der Waals surface area contributed by atoms with Gasteiger partial charge in [-0.1, -0.05) is 0 Å². The van der Waals surface area contributed by atoms with Gasteiger partial charge in [-0.05, 0) is 49.9 Å². The van der Waals surface area contributed by atoms with Gasteiger partial charge < -0.3 is 15.0 Å². The minimum Gasteiger partial charge on any atom is -0.497 e. The van der Waals surface area contributed by atoms with Crippen LogP contribution in [0.15, 0.2) is 29.2 Å². The molecule has 0 aromatic heterocycles. The van der Waals surface area contributed by atoms with E-state index in [2.05, 4.69) is 5.32 Å². The molecule has 0 bridgehead atoms. The van der Waals surface area contributed by atoms with E-state index in [-0.39, 0.29) is 29.8 Å². The molecule has 0 radical (unpaired) electrons. The van der Waals surface area contributed by atoms with Crippen molar-refractivity contribution < 1.29 is 22.7 Å². The van der Waals surface area contributed by atoms with Gasteiger partial charge in [0.2, 0.25) is 21.8 Å². The highest BCUT2D eigenvalue weighted by Gasteiger charge is 2.33. The summed E-state index contributed by atoms with van der Waals surface area (Å²) in [6, 6.07) is 6.22. The number of nitrogens with one attached hydrogen (secondary N) is 1.